The molecule has 0 saturated carbocycles. The van der Waals surface area contributed by atoms with E-state index in [0.29, 0.717) is 18.7 Å². The van der Waals surface area contributed by atoms with Gasteiger partial charge in [-0.05, 0) is 60.9 Å². The summed E-state index contributed by atoms with van der Waals surface area (Å²) in [6.07, 6.45) is 0.659. The third-order valence-corrected chi connectivity index (χ3v) is 7.58. The first-order valence-electron chi connectivity index (χ1n) is 10.0. The lowest BCUT2D eigenvalue weighted by atomic mass is 10.1. The van der Waals surface area contributed by atoms with Gasteiger partial charge in [0.05, 0.1) is 16.6 Å². The first kappa shape index (κ1) is 21.1. The summed E-state index contributed by atoms with van der Waals surface area (Å²) in [6.45, 7) is 2.22. The molecule has 0 unspecified atom stereocenters. The van der Waals surface area contributed by atoms with Crippen molar-refractivity contribution in [1.82, 2.24) is 4.90 Å². The molecule has 5 nitrogen and oxygen atoms in total. The summed E-state index contributed by atoms with van der Waals surface area (Å²) in [5.41, 5.74) is 2.74. The fourth-order valence-electron chi connectivity index (χ4n) is 3.82. The second-order valence-corrected chi connectivity index (χ2v) is 9.49. The summed E-state index contributed by atoms with van der Waals surface area (Å²) in [6, 6.07) is 19.2. The van der Waals surface area contributed by atoms with Crippen molar-refractivity contribution >= 4 is 21.6 Å². The van der Waals surface area contributed by atoms with E-state index in [2.05, 4.69) is 0 Å². The number of fused-ring (bicyclic) bond motifs is 1. The Morgan fingerprint density at radius 2 is 1.74 bits per heavy atom. The number of carbonyl (C=O) groups excluding carboxylic acids is 1. The van der Waals surface area contributed by atoms with E-state index in [1.54, 1.807) is 37.4 Å². The number of halogens is 1. The van der Waals surface area contributed by atoms with Gasteiger partial charge in [-0.3, -0.25) is 9.10 Å². The Bertz CT molecular complexity index is 1230. The number of carbonyl (C=O) groups is 1. The first-order valence-corrected chi connectivity index (χ1v) is 11.5. The Hall–Kier alpha value is -3.19. The van der Waals surface area contributed by atoms with Crippen molar-refractivity contribution in [3.63, 3.8) is 0 Å². The zero-order valence-electron chi connectivity index (χ0n) is 17.3. The average molecular weight is 439 g/mol. The van der Waals surface area contributed by atoms with E-state index < -0.39 is 10.0 Å². The van der Waals surface area contributed by atoms with Gasteiger partial charge < -0.3 is 4.90 Å². The summed E-state index contributed by atoms with van der Waals surface area (Å²) in [4.78, 5) is 14.7. The third-order valence-electron chi connectivity index (χ3n) is 5.77. The van der Waals surface area contributed by atoms with Gasteiger partial charge in [0.1, 0.15) is 5.82 Å². The predicted octanol–water partition coefficient (Wildman–Crippen LogP) is 4.41. The van der Waals surface area contributed by atoms with E-state index in [4.69, 9.17) is 0 Å². The first-order chi connectivity index (χ1) is 14.8. The number of anilines is 1. The number of rotatable bonds is 5. The molecular weight excluding hydrogens is 415 g/mol. The number of benzene rings is 3. The Morgan fingerprint density at radius 3 is 2.48 bits per heavy atom. The quantitative estimate of drug-likeness (QED) is 0.593. The van der Waals surface area contributed by atoms with Crippen LogP contribution in [0.15, 0.2) is 77.7 Å². The van der Waals surface area contributed by atoms with Crippen LogP contribution in [0.1, 0.15) is 34.5 Å². The highest BCUT2D eigenvalue weighted by atomic mass is 32.2. The highest BCUT2D eigenvalue weighted by Gasteiger charge is 2.31. The van der Waals surface area contributed by atoms with E-state index in [0.717, 1.165) is 11.1 Å². The van der Waals surface area contributed by atoms with Gasteiger partial charge in [0, 0.05) is 19.2 Å². The molecule has 160 valence electrons. The second-order valence-electron chi connectivity index (χ2n) is 7.63. The fraction of sp³-hybridized carbons (Fsp3) is 0.208. The van der Waals surface area contributed by atoms with Gasteiger partial charge in [-0.1, -0.05) is 36.4 Å². The summed E-state index contributed by atoms with van der Waals surface area (Å²) in [5.74, 6) is -0.651. The zero-order valence-corrected chi connectivity index (χ0v) is 18.1. The molecule has 1 heterocycles. The Labute approximate surface area is 181 Å². The molecule has 0 radical (unpaired) electrons. The van der Waals surface area contributed by atoms with Crippen molar-refractivity contribution in [3.05, 3.63) is 95.3 Å². The molecule has 3 aromatic carbocycles. The molecule has 0 fully saturated rings. The molecule has 0 spiro atoms. The molecule has 0 bridgehead atoms. The van der Waals surface area contributed by atoms with Gasteiger partial charge in [-0.2, -0.15) is 0 Å². The molecule has 1 aliphatic heterocycles. The standard InChI is InChI=1S/C24H23FN2O3S/c1-17(18-10-12-21(25)13-11-18)26(2)24(28)20-7-5-8-22(16-20)31(29,30)27-15-14-19-6-3-4-9-23(19)27/h3-13,16-17H,14-15H2,1-2H3/t17-/m1/s1. The van der Waals surface area contributed by atoms with Crippen LogP contribution in [0.2, 0.25) is 0 Å². The summed E-state index contributed by atoms with van der Waals surface area (Å²) in [5, 5.41) is 0. The molecule has 1 aliphatic rings. The summed E-state index contributed by atoms with van der Waals surface area (Å²) < 4.78 is 41.2. The number of nitrogens with zero attached hydrogens (tertiary/aromatic N) is 2. The van der Waals surface area contributed by atoms with Gasteiger partial charge in [-0.25, -0.2) is 12.8 Å². The molecule has 3 aromatic rings. The summed E-state index contributed by atoms with van der Waals surface area (Å²) >= 11 is 0. The SMILES string of the molecule is C[C@H](c1ccc(F)cc1)N(C)C(=O)c1cccc(S(=O)(=O)N2CCc3ccccc32)c1. The van der Waals surface area contributed by atoms with E-state index in [9.17, 15) is 17.6 Å². The largest absolute Gasteiger partial charge is 0.335 e. The van der Waals surface area contributed by atoms with Crippen LogP contribution in [-0.4, -0.2) is 32.8 Å². The lowest BCUT2D eigenvalue weighted by Crippen LogP contribution is -2.31. The fourth-order valence-corrected chi connectivity index (χ4v) is 5.37. The monoisotopic (exact) mass is 438 g/mol. The number of amides is 1. The molecule has 1 amide bonds. The van der Waals surface area contributed by atoms with Gasteiger partial charge in [-0.15, -0.1) is 0 Å². The van der Waals surface area contributed by atoms with Crippen LogP contribution >= 0.6 is 0 Å². The van der Waals surface area contributed by atoms with E-state index >= 15 is 0 Å². The molecule has 7 heteroatoms. The molecule has 0 saturated heterocycles. The van der Waals surface area contributed by atoms with Crippen LogP contribution in [0.5, 0.6) is 0 Å². The maximum atomic E-state index is 13.3. The van der Waals surface area contributed by atoms with Crippen LogP contribution in [0.3, 0.4) is 0 Å². The van der Waals surface area contributed by atoms with Crippen LogP contribution < -0.4 is 4.31 Å². The minimum atomic E-state index is -3.79. The maximum Gasteiger partial charge on any atom is 0.264 e. The molecule has 0 aliphatic carbocycles. The number of hydrogen-bond acceptors (Lipinski definition) is 3. The third kappa shape index (κ3) is 3.93. The van der Waals surface area contributed by atoms with Gasteiger partial charge in [0.15, 0.2) is 0 Å². The number of hydrogen-bond donors (Lipinski definition) is 0. The predicted molar refractivity (Wildman–Crippen MR) is 118 cm³/mol. The van der Waals surface area contributed by atoms with Crippen molar-refractivity contribution in [2.75, 3.05) is 17.9 Å². The highest BCUT2D eigenvalue weighted by molar-refractivity contribution is 7.92. The number of para-hydroxylation sites is 1. The van der Waals surface area contributed by atoms with Gasteiger partial charge in [0.2, 0.25) is 0 Å². The molecule has 4 rings (SSSR count). The normalized spacial score (nSPS) is 14.2. The van der Waals surface area contributed by atoms with Gasteiger partial charge >= 0.3 is 0 Å². The second kappa shape index (κ2) is 8.15. The lowest BCUT2D eigenvalue weighted by molar-refractivity contribution is 0.0742. The van der Waals surface area contributed by atoms with E-state index in [-0.39, 0.29) is 28.2 Å². The summed E-state index contributed by atoms with van der Waals surface area (Å²) in [7, 11) is -2.14. The van der Waals surface area contributed by atoms with Gasteiger partial charge in [0.25, 0.3) is 15.9 Å². The Morgan fingerprint density at radius 1 is 1.03 bits per heavy atom. The average Bonchev–Trinajstić information content (AvgIpc) is 3.23. The molecular formula is C24H23FN2O3S. The van der Waals surface area contributed by atoms with Crippen LogP contribution in [0, 0.1) is 5.82 Å². The molecule has 1 atom stereocenters. The van der Waals surface area contributed by atoms with Crippen molar-refractivity contribution in [1.29, 1.82) is 0 Å². The van der Waals surface area contributed by atoms with Crippen LogP contribution in [-0.2, 0) is 16.4 Å². The highest BCUT2D eigenvalue weighted by Crippen LogP contribution is 2.33. The van der Waals surface area contributed by atoms with Crippen LogP contribution in [0.25, 0.3) is 0 Å². The lowest BCUT2D eigenvalue weighted by Gasteiger charge is -2.26. The minimum Gasteiger partial charge on any atom is -0.335 e. The van der Waals surface area contributed by atoms with Crippen molar-refractivity contribution in [2.24, 2.45) is 0 Å². The zero-order chi connectivity index (χ0) is 22.2. The van der Waals surface area contributed by atoms with Crippen LogP contribution in [0.4, 0.5) is 10.1 Å². The van der Waals surface area contributed by atoms with E-state index in [1.165, 1.54) is 33.5 Å². The van der Waals surface area contributed by atoms with Crippen molar-refractivity contribution in [3.8, 4) is 0 Å². The maximum absolute atomic E-state index is 13.3. The Kier molecular flexibility index (Phi) is 5.54. The molecule has 0 aromatic heterocycles. The topological polar surface area (TPSA) is 57.7 Å². The molecule has 31 heavy (non-hydrogen) atoms. The smallest absolute Gasteiger partial charge is 0.264 e. The van der Waals surface area contributed by atoms with Crippen molar-refractivity contribution < 1.29 is 17.6 Å². The van der Waals surface area contributed by atoms with Crippen molar-refractivity contribution in [2.45, 2.75) is 24.3 Å². The van der Waals surface area contributed by atoms with E-state index in [1.807, 2.05) is 25.1 Å². The Balaban J connectivity index is 1.61. The molecule has 0 N–H and O–H groups in total. The number of sulfonamides is 1. The minimum absolute atomic E-state index is 0.0814.